The smallest absolute Gasteiger partial charge is 0.280 e. The van der Waals surface area contributed by atoms with Gasteiger partial charge in [-0.25, -0.2) is 13.9 Å². The van der Waals surface area contributed by atoms with Crippen LogP contribution >= 0.6 is 12.4 Å². The van der Waals surface area contributed by atoms with Crippen LogP contribution in [0.2, 0.25) is 0 Å². The molecule has 0 bridgehead atoms. The number of aromatic nitrogens is 1. The van der Waals surface area contributed by atoms with E-state index in [1.807, 2.05) is 0 Å². The Labute approximate surface area is 200 Å². The van der Waals surface area contributed by atoms with Crippen LogP contribution < -0.4 is 15.5 Å². The van der Waals surface area contributed by atoms with Gasteiger partial charge in [0, 0.05) is 32.0 Å². The van der Waals surface area contributed by atoms with E-state index in [0.29, 0.717) is 31.4 Å². The van der Waals surface area contributed by atoms with Crippen molar-refractivity contribution >= 4 is 28.2 Å². The molecule has 1 fully saturated rings. The molecule has 1 aliphatic rings. The van der Waals surface area contributed by atoms with Crippen LogP contribution in [0.3, 0.4) is 0 Å². The van der Waals surface area contributed by atoms with Crippen LogP contribution in [0.25, 0.3) is 0 Å². The summed E-state index contributed by atoms with van der Waals surface area (Å²) in [6, 6.07) is 9.33. The van der Waals surface area contributed by atoms with Gasteiger partial charge in [0.1, 0.15) is 5.75 Å². The number of sulfone groups is 1. The van der Waals surface area contributed by atoms with Gasteiger partial charge in [-0.3, -0.25) is 20.3 Å². The number of nitrogens with zero attached hydrogens (tertiary/aromatic N) is 1. The Morgan fingerprint density at radius 2 is 1.70 bits per heavy atom. The third-order valence-corrected chi connectivity index (χ3v) is 8.52. The number of carbonyl (C=O) groups excluding carboxylic acids is 1. The van der Waals surface area contributed by atoms with Crippen LogP contribution in [0, 0.1) is 5.92 Å². The molecule has 11 heteroatoms. The van der Waals surface area contributed by atoms with Crippen molar-refractivity contribution in [2.24, 2.45) is 5.92 Å². The fourth-order valence-electron chi connectivity index (χ4n) is 4.31. The quantitative estimate of drug-likeness (QED) is 0.355. The highest BCUT2D eigenvalue weighted by Gasteiger charge is 2.57. The van der Waals surface area contributed by atoms with Crippen molar-refractivity contribution in [2.45, 2.75) is 48.1 Å². The minimum absolute atomic E-state index is 0. The predicted octanol–water partition coefficient (Wildman–Crippen LogP) is 2.48. The average Bonchev–Trinajstić information content (AvgIpc) is 2.85. The van der Waals surface area contributed by atoms with E-state index < -0.39 is 26.5 Å². The Balaban J connectivity index is 0.00000385. The van der Waals surface area contributed by atoms with E-state index >= 15 is 0 Å². The number of halogens is 1. The van der Waals surface area contributed by atoms with Crippen LogP contribution in [0.15, 0.2) is 53.7 Å². The maximum Gasteiger partial charge on any atom is 0.280 e. The van der Waals surface area contributed by atoms with Crippen molar-refractivity contribution in [1.29, 1.82) is 0 Å². The lowest BCUT2D eigenvalue weighted by atomic mass is 9.81. The van der Waals surface area contributed by atoms with E-state index in [1.165, 1.54) is 31.4 Å². The molecule has 0 saturated heterocycles. The third-order valence-electron chi connectivity index (χ3n) is 6.12. The number of amides is 1. The van der Waals surface area contributed by atoms with Crippen molar-refractivity contribution < 1.29 is 27.9 Å². The number of rotatable bonds is 9. The zero-order valence-electron chi connectivity index (χ0n) is 18.6. The van der Waals surface area contributed by atoms with Crippen molar-refractivity contribution in [3.8, 4) is 5.75 Å². The number of hydrogen-bond acceptors (Lipinski definition) is 8. The van der Waals surface area contributed by atoms with E-state index in [-0.39, 0.29) is 30.0 Å². The van der Waals surface area contributed by atoms with Crippen LogP contribution in [0.1, 0.15) is 31.2 Å². The number of ether oxygens (including phenoxy) is 2. The lowest BCUT2D eigenvalue weighted by Crippen LogP contribution is -2.66. The number of nitrogens with one attached hydrogen (secondary N) is 2. The molecular weight excluding hydrogens is 470 g/mol. The minimum atomic E-state index is -4.29. The van der Waals surface area contributed by atoms with E-state index in [0.717, 1.165) is 5.56 Å². The highest BCUT2D eigenvalue weighted by molar-refractivity contribution is 7.93. The lowest BCUT2D eigenvalue weighted by Gasteiger charge is -2.42. The topological polar surface area (TPSA) is 127 Å². The van der Waals surface area contributed by atoms with E-state index in [1.54, 1.807) is 37.1 Å². The number of methoxy groups -OCH3 is 2. The van der Waals surface area contributed by atoms with Crippen LogP contribution in [-0.4, -0.2) is 49.7 Å². The standard InChI is InChI=1S/C22H29N3O6S.ClH/c1-30-18-5-3-17(4-6-18)22(21(26)25-27,24-15-16-11-13-23-14-12-16)32(28,29)20-9-7-19(31-2)8-10-20;/h7-14,17-18,24,27H,3-6,15H2,1-2H3,(H,25,26);1H/t17?,18?,22-;/m1./s1. The normalized spacial score (nSPS) is 20.2. The van der Waals surface area contributed by atoms with Gasteiger partial charge < -0.3 is 9.47 Å². The minimum Gasteiger partial charge on any atom is -0.497 e. The molecule has 1 aromatic carbocycles. The lowest BCUT2D eigenvalue weighted by molar-refractivity contribution is -0.135. The van der Waals surface area contributed by atoms with Gasteiger partial charge in [-0.1, -0.05) is 0 Å². The Bertz CT molecular complexity index is 999. The Kier molecular flexibility index (Phi) is 9.62. The van der Waals surface area contributed by atoms with Crippen molar-refractivity contribution in [3.05, 3.63) is 54.4 Å². The van der Waals surface area contributed by atoms with Gasteiger partial charge >= 0.3 is 0 Å². The molecule has 0 aliphatic heterocycles. The maximum absolute atomic E-state index is 14.0. The largest absolute Gasteiger partial charge is 0.497 e. The summed E-state index contributed by atoms with van der Waals surface area (Å²) in [5.41, 5.74) is 2.37. The van der Waals surface area contributed by atoms with Crippen molar-refractivity contribution in [1.82, 2.24) is 15.8 Å². The molecule has 1 aromatic heterocycles. The number of carbonyl (C=O) groups is 1. The van der Waals surface area contributed by atoms with Crippen LogP contribution in [0.5, 0.6) is 5.75 Å². The van der Waals surface area contributed by atoms with Gasteiger partial charge in [-0.05, 0) is 67.6 Å². The van der Waals surface area contributed by atoms with Gasteiger partial charge in [0.2, 0.25) is 14.7 Å². The molecule has 1 saturated carbocycles. The molecule has 9 nitrogen and oxygen atoms in total. The highest BCUT2D eigenvalue weighted by Crippen LogP contribution is 2.40. The zero-order chi connectivity index (χ0) is 23.2. The summed E-state index contributed by atoms with van der Waals surface area (Å²) in [5.74, 6) is -1.11. The summed E-state index contributed by atoms with van der Waals surface area (Å²) < 4.78 is 38.6. The van der Waals surface area contributed by atoms with E-state index in [9.17, 15) is 18.4 Å². The first-order valence-electron chi connectivity index (χ1n) is 10.4. The van der Waals surface area contributed by atoms with E-state index in [4.69, 9.17) is 9.47 Å². The zero-order valence-corrected chi connectivity index (χ0v) is 20.2. The molecule has 1 heterocycles. The average molecular weight is 500 g/mol. The number of benzene rings is 1. The summed E-state index contributed by atoms with van der Waals surface area (Å²) >= 11 is 0. The fraction of sp³-hybridized carbons (Fsp3) is 0.455. The maximum atomic E-state index is 14.0. The monoisotopic (exact) mass is 499 g/mol. The molecule has 1 aliphatic carbocycles. The first-order valence-corrected chi connectivity index (χ1v) is 11.9. The van der Waals surface area contributed by atoms with Crippen LogP contribution in [0.4, 0.5) is 0 Å². The van der Waals surface area contributed by atoms with Gasteiger partial charge in [-0.15, -0.1) is 12.4 Å². The highest BCUT2D eigenvalue weighted by atomic mass is 35.5. The fourth-order valence-corrected chi connectivity index (χ4v) is 6.40. The third kappa shape index (κ3) is 5.47. The number of hydroxylamine groups is 1. The summed E-state index contributed by atoms with van der Waals surface area (Å²) in [6.45, 7) is 0.0928. The van der Waals surface area contributed by atoms with Crippen molar-refractivity contribution in [3.63, 3.8) is 0 Å². The molecule has 1 amide bonds. The second kappa shape index (κ2) is 11.8. The Morgan fingerprint density at radius 3 is 2.21 bits per heavy atom. The van der Waals surface area contributed by atoms with Gasteiger partial charge in [0.15, 0.2) is 0 Å². The number of pyridine rings is 1. The van der Waals surface area contributed by atoms with Gasteiger partial charge in [-0.2, -0.15) is 0 Å². The SMILES string of the molecule is COc1ccc(S(=O)(=O)[C@@](NCc2ccncc2)(C(=O)NO)C2CCC(OC)CC2)cc1.Cl. The molecular formula is C22H30ClN3O6S. The molecule has 3 rings (SSSR count). The molecule has 33 heavy (non-hydrogen) atoms. The van der Waals surface area contributed by atoms with E-state index in [2.05, 4.69) is 10.3 Å². The molecule has 0 spiro atoms. The Morgan fingerprint density at radius 1 is 1.09 bits per heavy atom. The molecule has 2 aromatic rings. The molecule has 0 unspecified atom stereocenters. The molecule has 1 atom stereocenters. The predicted molar refractivity (Wildman–Crippen MR) is 124 cm³/mol. The van der Waals surface area contributed by atoms with Gasteiger partial charge in [0.25, 0.3) is 5.91 Å². The number of hydrogen-bond donors (Lipinski definition) is 3. The molecule has 0 radical (unpaired) electrons. The first kappa shape index (κ1) is 27.0. The second-order valence-corrected chi connectivity index (χ2v) is 9.90. The Hall–Kier alpha value is -2.24. The van der Waals surface area contributed by atoms with Crippen LogP contribution in [-0.2, 0) is 25.9 Å². The summed E-state index contributed by atoms with van der Waals surface area (Å²) in [7, 11) is -1.18. The molecule has 3 N–H and O–H groups in total. The summed E-state index contributed by atoms with van der Waals surface area (Å²) in [6.07, 6.45) is 5.27. The molecule has 182 valence electrons. The summed E-state index contributed by atoms with van der Waals surface area (Å²) in [4.78, 5) is 15.0. The summed E-state index contributed by atoms with van der Waals surface area (Å²) in [5, 5.41) is 12.6. The van der Waals surface area contributed by atoms with Gasteiger partial charge in [0.05, 0.1) is 18.1 Å². The first-order chi connectivity index (χ1) is 15.4. The van der Waals surface area contributed by atoms with Crippen molar-refractivity contribution in [2.75, 3.05) is 14.2 Å². The second-order valence-electron chi connectivity index (χ2n) is 7.77.